The number of nitrogens with zero attached hydrogens (tertiary/aromatic N) is 4. The molecular weight excluding hydrogens is 216 g/mol. The van der Waals surface area contributed by atoms with Crippen LogP contribution in [-0.4, -0.2) is 19.5 Å². The first kappa shape index (κ1) is 11.5. The lowest BCUT2D eigenvalue weighted by atomic mass is 10.2. The van der Waals surface area contributed by atoms with Crippen molar-refractivity contribution in [2.45, 2.75) is 19.8 Å². The van der Waals surface area contributed by atoms with E-state index >= 15 is 0 Å². The molecule has 0 atom stereocenters. The van der Waals surface area contributed by atoms with E-state index in [0.717, 1.165) is 24.2 Å². The zero-order valence-electron chi connectivity index (χ0n) is 10.0. The highest BCUT2D eigenvalue weighted by atomic mass is 15.3. The first-order valence-corrected chi connectivity index (χ1v) is 5.56. The maximum atomic E-state index is 5.41. The number of anilines is 1. The van der Waals surface area contributed by atoms with Gasteiger partial charge < -0.3 is 9.99 Å². The van der Waals surface area contributed by atoms with Crippen molar-refractivity contribution >= 4 is 5.82 Å². The van der Waals surface area contributed by atoms with Crippen LogP contribution in [0.2, 0.25) is 0 Å². The number of hydrogen-bond donors (Lipinski definition) is 2. The lowest BCUT2D eigenvalue weighted by Gasteiger charge is -2.07. The molecule has 6 nitrogen and oxygen atoms in total. The third-order valence-electron chi connectivity index (χ3n) is 2.48. The van der Waals surface area contributed by atoms with E-state index < -0.39 is 0 Å². The Morgan fingerprint density at radius 2 is 2.24 bits per heavy atom. The van der Waals surface area contributed by atoms with Crippen LogP contribution in [0.4, 0.5) is 5.82 Å². The third-order valence-corrected chi connectivity index (χ3v) is 2.48. The highest BCUT2D eigenvalue weighted by molar-refractivity contribution is 5.52. The third kappa shape index (κ3) is 2.42. The van der Waals surface area contributed by atoms with Crippen molar-refractivity contribution in [2.24, 2.45) is 12.9 Å². The summed E-state index contributed by atoms with van der Waals surface area (Å²) < 4.78 is 1.88. The number of aryl methyl sites for hydroxylation is 2. The van der Waals surface area contributed by atoms with Crippen molar-refractivity contribution in [1.82, 2.24) is 19.5 Å². The largest absolute Gasteiger partial charge is 0.331 e. The Kier molecular flexibility index (Phi) is 3.34. The summed E-state index contributed by atoms with van der Waals surface area (Å²) in [4.78, 5) is 12.9. The maximum absolute atomic E-state index is 5.41. The van der Waals surface area contributed by atoms with Crippen molar-refractivity contribution < 1.29 is 0 Å². The van der Waals surface area contributed by atoms with Crippen LogP contribution in [0.1, 0.15) is 19.0 Å². The summed E-state index contributed by atoms with van der Waals surface area (Å²) in [6, 6.07) is 1.86. The molecule has 2 aromatic rings. The first-order valence-electron chi connectivity index (χ1n) is 5.56. The monoisotopic (exact) mass is 232 g/mol. The van der Waals surface area contributed by atoms with Gasteiger partial charge in [0, 0.05) is 18.8 Å². The Hall–Kier alpha value is -1.95. The second kappa shape index (κ2) is 4.92. The van der Waals surface area contributed by atoms with Gasteiger partial charge in [-0.25, -0.2) is 20.8 Å². The zero-order chi connectivity index (χ0) is 12.3. The van der Waals surface area contributed by atoms with Gasteiger partial charge in [0.15, 0.2) is 5.82 Å². The van der Waals surface area contributed by atoms with Gasteiger partial charge in [-0.05, 0) is 6.42 Å². The summed E-state index contributed by atoms with van der Waals surface area (Å²) in [5, 5.41) is 0. The van der Waals surface area contributed by atoms with E-state index in [9.17, 15) is 0 Å². The fraction of sp³-hybridized carbons (Fsp3) is 0.364. The average molecular weight is 232 g/mol. The minimum Gasteiger partial charge on any atom is -0.331 e. The van der Waals surface area contributed by atoms with Crippen LogP contribution in [-0.2, 0) is 13.5 Å². The van der Waals surface area contributed by atoms with Crippen molar-refractivity contribution in [3.05, 3.63) is 24.3 Å². The van der Waals surface area contributed by atoms with Gasteiger partial charge in [0.2, 0.25) is 0 Å². The number of rotatable bonds is 4. The number of hydrazine groups is 1. The Balaban J connectivity index is 2.46. The van der Waals surface area contributed by atoms with E-state index in [4.69, 9.17) is 5.84 Å². The zero-order valence-corrected chi connectivity index (χ0v) is 10.0. The molecule has 0 saturated heterocycles. The Morgan fingerprint density at radius 3 is 2.82 bits per heavy atom. The number of hydrogen-bond acceptors (Lipinski definition) is 5. The van der Waals surface area contributed by atoms with E-state index in [2.05, 4.69) is 27.3 Å². The molecule has 0 amide bonds. The fourth-order valence-corrected chi connectivity index (χ4v) is 1.64. The summed E-state index contributed by atoms with van der Waals surface area (Å²) in [5.41, 5.74) is 4.42. The molecular formula is C11H16N6. The summed E-state index contributed by atoms with van der Waals surface area (Å²) in [6.07, 6.45) is 5.40. The van der Waals surface area contributed by atoms with E-state index in [1.54, 1.807) is 12.5 Å². The van der Waals surface area contributed by atoms with Crippen LogP contribution < -0.4 is 11.3 Å². The fourth-order valence-electron chi connectivity index (χ4n) is 1.64. The molecule has 0 radical (unpaired) electrons. The highest BCUT2D eigenvalue weighted by Crippen LogP contribution is 2.17. The lowest BCUT2D eigenvalue weighted by Crippen LogP contribution is -2.11. The normalized spacial score (nSPS) is 10.5. The van der Waals surface area contributed by atoms with Crippen molar-refractivity contribution in [3.63, 3.8) is 0 Å². The first-order chi connectivity index (χ1) is 8.24. The summed E-state index contributed by atoms with van der Waals surface area (Å²) >= 11 is 0. The molecule has 0 aliphatic carbocycles. The van der Waals surface area contributed by atoms with Gasteiger partial charge in [0.05, 0.1) is 12.5 Å². The molecule has 2 aromatic heterocycles. The van der Waals surface area contributed by atoms with E-state index in [-0.39, 0.29) is 0 Å². The molecule has 0 aromatic carbocycles. The molecule has 0 unspecified atom stereocenters. The molecule has 3 N–H and O–H groups in total. The van der Waals surface area contributed by atoms with Gasteiger partial charge in [-0.1, -0.05) is 13.3 Å². The van der Waals surface area contributed by atoms with Crippen molar-refractivity contribution in [2.75, 3.05) is 5.43 Å². The second-order valence-corrected chi connectivity index (χ2v) is 3.85. The smallest absolute Gasteiger partial charge is 0.180 e. The molecule has 17 heavy (non-hydrogen) atoms. The van der Waals surface area contributed by atoms with Crippen LogP contribution in [0.3, 0.4) is 0 Å². The molecule has 0 bridgehead atoms. The van der Waals surface area contributed by atoms with Gasteiger partial charge in [-0.3, -0.25) is 0 Å². The van der Waals surface area contributed by atoms with E-state index in [1.165, 1.54) is 0 Å². The molecule has 0 aliphatic heterocycles. The molecule has 0 aliphatic rings. The molecule has 0 saturated carbocycles. The van der Waals surface area contributed by atoms with Gasteiger partial charge >= 0.3 is 0 Å². The Labute approximate surface area is 99.9 Å². The summed E-state index contributed by atoms with van der Waals surface area (Å²) in [6.45, 7) is 2.11. The van der Waals surface area contributed by atoms with Crippen LogP contribution in [0.15, 0.2) is 18.6 Å². The average Bonchev–Trinajstić information content (AvgIpc) is 2.75. The van der Waals surface area contributed by atoms with Crippen LogP contribution >= 0.6 is 0 Å². The molecule has 0 spiro atoms. The van der Waals surface area contributed by atoms with E-state index in [1.807, 2.05) is 17.7 Å². The van der Waals surface area contributed by atoms with Gasteiger partial charge in [0.25, 0.3) is 0 Å². The number of nitrogens with one attached hydrogen (secondary N) is 1. The molecule has 2 heterocycles. The SMILES string of the molecule is CCCc1cc(NN)nc(-c2cncn2C)n1. The maximum Gasteiger partial charge on any atom is 0.180 e. The molecule has 2 rings (SSSR count). The standard InChI is InChI=1S/C11H16N6/c1-3-4-8-5-10(16-12)15-11(14-8)9-6-13-7-17(9)2/h5-7H,3-4,12H2,1-2H3,(H,14,15,16). The Morgan fingerprint density at radius 1 is 1.41 bits per heavy atom. The molecule has 0 fully saturated rings. The minimum absolute atomic E-state index is 0.625. The number of nitrogens with two attached hydrogens (primary N) is 1. The number of nitrogen functional groups attached to an aromatic ring is 1. The number of aromatic nitrogens is 4. The lowest BCUT2D eigenvalue weighted by molar-refractivity contribution is 0.862. The van der Waals surface area contributed by atoms with Gasteiger partial charge in [0.1, 0.15) is 11.5 Å². The van der Waals surface area contributed by atoms with Crippen LogP contribution in [0.25, 0.3) is 11.5 Å². The van der Waals surface area contributed by atoms with Gasteiger partial charge in [-0.2, -0.15) is 0 Å². The topological polar surface area (TPSA) is 81.6 Å². The van der Waals surface area contributed by atoms with E-state index in [0.29, 0.717) is 11.6 Å². The quantitative estimate of drug-likeness (QED) is 0.609. The number of imidazole rings is 1. The minimum atomic E-state index is 0.625. The summed E-state index contributed by atoms with van der Waals surface area (Å²) in [5.74, 6) is 6.68. The highest BCUT2D eigenvalue weighted by Gasteiger charge is 2.09. The van der Waals surface area contributed by atoms with Gasteiger partial charge in [-0.15, -0.1) is 0 Å². The van der Waals surface area contributed by atoms with Crippen LogP contribution in [0, 0.1) is 0 Å². The second-order valence-electron chi connectivity index (χ2n) is 3.85. The predicted octanol–water partition coefficient (Wildman–Crippen LogP) is 1.12. The predicted molar refractivity (Wildman–Crippen MR) is 66.0 cm³/mol. The van der Waals surface area contributed by atoms with Crippen molar-refractivity contribution in [1.29, 1.82) is 0 Å². The molecule has 6 heteroatoms. The Bertz CT molecular complexity index is 504. The van der Waals surface area contributed by atoms with Crippen molar-refractivity contribution in [3.8, 4) is 11.5 Å². The summed E-state index contributed by atoms with van der Waals surface area (Å²) in [7, 11) is 1.91. The van der Waals surface area contributed by atoms with Crippen LogP contribution in [0.5, 0.6) is 0 Å². The molecule has 90 valence electrons.